The molecule has 0 saturated carbocycles. The smallest absolute Gasteiger partial charge is 0.356 e. The standard InChI is InChI=1S/C16H17BrN2O4/c1-16(2)7-22-13-5-9(4-10(17)14(13)23-8-16)12-6-11(15(20)21)18-19(12)3/h4-6H,7-8H2,1-3H3,(H,20,21). The summed E-state index contributed by atoms with van der Waals surface area (Å²) in [6.45, 7) is 5.26. The lowest BCUT2D eigenvalue weighted by molar-refractivity contribution is 0.0689. The number of rotatable bonds is 2. The molecule has 0 aliphatic carbocycles. The minimum atomic E-state index is -1.05. The Morgan fingerprint density at radius 1 is 1.30 bits per heavy atom. The molecule has 0 spiro atoms. The van der Waals surface area contributed by atoms with Crippen LogP contribution in [0.2, 0.25) is 0 Å². The Labute approximate surface area is 142 Å². The van der Waals surface area contributed by atoms with Crippen molar-refractivity contribution in [1.82, 2.24) is 9.78 Å². The number of halogens is 1. The van der Waals surface area contributed by atoms with Gasteiger partial charge in [0.05, 0.1) is 23.4 Å². The predicted molar refractivity (Wildman–Crippen MR) is 88.1 cm³/mol. The molecule has 2 aromatic rings. The summed E-state index contributed by atoms with van der Waals surface area (Å²) < 4.78 is 14.1. The fourth-order valence-corrected chi connectivity index (χ4v) is 2.94. The molecule has 3 rings (SSSR count). The third-order valence-corrected chi connectivity index (χ3v) is 4.22. The van der Waals surface area contributed by atoms with Crippen LogP contribution in [0.5, 0.6) is 11.5 Å². The van der Waals surface area contributed by atoms with E-state index >= 15 is 0 Å². The number of fused-ring (bicyclic) bond motifs is 1. The molecule has 7 heteroatoms. The van der Waals surface area contributed by atoms with E-state index in [4.69, 9.17) is 14.6 Å². The van der Waals surface area contributed by atoms with Crippen LogP contribution in [0, 0.1) is 5.41 Å². The first kappa shape index (κ1) is 15.9. The summed E-state index contributed by atoms with van der Waals surface area (Å²) in [4.78, 5) is 11.1. The van der Waals surface area contributed by atoms with Gasteiger partial charge in [0.15, 0.2) is 17.2 Å². The zero-order chi connectivity index (χ0) is 16.8. The maximum absolute atomic E-state index is 11.1. The summed E-state index contributed by atoms with van der Waals surface area (Å²) in [6, 6.07) is 5.27. The monoisotopic (exact) mass is 380 g/mol. The van der Waals surface area contributed by atoms with Crippen LogP contribution in [0.25, 0.3) is 11.3 Å². The van der Waals surface area contributed by atoms with Gasteiger partial charge in [-0.3, -0.25) is 4.68 Å². The lowest BCUT2D eigenvalue weighted by Gasteiger charge is -2.19. The molecule has 0 saturated heterocycles. The van der Waals surface area contributed by atoms with Gasteiger partial charge in [0, 0.05) is 18.0 Å². The number of hydrogen-bond donors (Lipinski definition) is 1. The van der Waals surface area contributed by atoms with Crippen molar-refractivity contribution in [1.29, 1.82) is 0 Å². The average molecular weight is 381 g/mol. The van der Waals surface area contributed by atoms with Crippen molar-refractivity contribution in [2.45, 2.75) is 13.8 Å². The van der Waals surface area contributed by atoms with E-state index < -0.39 is 5.97 Å². The quantitative estimate of drug-likeness (QED) is 0.864. The summed E-state index contributed by atoms with van der Waals surface area (Å²) >= 11 is 3.51. The third kappa shape index (κ3) is 3.06. The number of aromatic carboxylic acids is 1. The van der Waals surface area contributed by atoms with Gasteiger partial charge in [-0.15, -0.1) is 0 Å². The second-order valence-electron chi connectivity index (χ2n) is 6.37. The number of ether oxygens (including phenoxy) is 2. The van der Waals surface area contributed by atoms with Crippen molar-refractivity contribution in [3.8, 4) is 22.8 Å². The molecule has 6 nitrogen and oxygen atoms in total. The van der Waals surface area contributed by atoms with Gasteiger partial charge < -0.3 is 14.6 Å². The zero-order valence-electron chi connectivity index (χ0n) is 13.1. The first-order valence-corrected chi connectivity index (χ1v) is 7.93. The molecule has 0 bridgehead atoms. The zero-order valence-corrected chi connectivity index (χ0v) is 14.7. The van der Waals surface area contributed by atoms with Crippen molar-refractivity contribution in [3.05, 3.63) is 28.4 Å². The summed E-state index contributed by atoms with van der Waals surface area (Å²) in [7, 11) is 1.71. The first-order valence-electron chi connectivity index (χ1n) is 7.14. The van der Waals surface area contributed by atoms with E-state index in [1.807, 2.05) is 12.1 Å². The Bertz CT molecular complexity index is 783. The SMILES string of the molecule is Cn1nc(C(=O)O)cc1-c1cc(Br)c2c(c1)OCC(C)(C)CO2. The molecule has 1 aliphatic rings. The topological polar surface area (TPSA) is 73.6 Å². The maximum Gasteiger partial charge on any atom is 0.356 e. The number of carboxylic acids is 1. The summed E-state index contributed by atoms with van der Waals surface area (Å²) in [6.07, 6.45) is 0. The Morgan fingerprint density at radius 2 is 2.00 bits per heavy atom. The van der Waals surface area contributed by atoms with Crippen LogP contribution in [0.15, 0.2) is 22.7 Å². The molecule has 0 atom stereocenters. The Balaban J connectivity index is 2.05. The minimum absolute atomic E-state index is 0.00636. The largest absolute Gasteiger partial charge is 0.489 e. The lowest BCUT2D eigenvalue weighted by atomic mass is 9.97. The summed E-state index contributed by atoms with van der Waals surface area (Å²) in [5, 5.41) is 13.1. The van der Waals surface area contributed by atoms with E-state index in [0.717, 1.165) is 10.0 Å². The van der Waals surface area contributed by atoms with Crippen LogP contribution in [0.1, 0.15) is 24.3 Å². The highest BCUT2D eigenvalue weighted by atomic mass is 79.9. The normalized spacial score (nSPS) is 16.0. The summed E-state index contributed by atoms with van der Waals surface area (Å²) in [5.41, 5.74) is 1.42. The van der Waals surface area contributed by atoms with E-state index in [9.17, 15) is 4.79 Å². The Morgan fingerprint density at radius 3 is 2.65 bits per heavy atom. The van der Waals surface area contributed by atoms with E-state index in [1.165, 1.54) is 6.07 Å². The van der Waals surface area contributed by atoms with Crippen molar-refractivity contribution in [2.75, 3.05) is 13.2 Å². The number of carbonyl (C=O) groups is 1. The van der Waals surface area contributed by atoms with Crippen LogP contribution in [-0.2, 0) is 7.05 Å². The van der Waals surface area contributed by atoms with Crippen molar-refractivity contribution in [3.63, 3.8) is 0 Å². The fraction of sp³-hybridized carbons (Fsp3) is 0.375. The van der Waals surface area contributed by atoms with Crippen molar-refractivity contribution < 1.29 is 19.4 Å². The van der Waals surface area contributed by atoms with E-state index in [-0.39, 0.29) is 11.1 Å². The highest BCUT2D eigenvalue weighted by Crippen LogP contribution is 2.42. The molecule has 1 aromatic heterocycles. The average Bonchev–Trinajstić information content (AvgIpc) is 2.78. The lowest BCUT2D eigenvalue weighted by Crippen LogP contribution is -2.26. The molecular weight excluding hydrogens is 364 g/mol. The van der Waals surface area contributed by atoms with Gasteiger partial charge >= 0.3 is 5.97 Å². The molecule has 2 heterocycles. The number of aromatic nitrogens is 2. The molecule has 1 aromatic carbocycles. The van der Waals surface area contributed by atoms with E-state index in [2.05, 4.69) is 34.9 Å². The number of nitrogens with zero attached hydrogens (tertiary/aromatic N) is 2. The van der Waals surface area contributed by atoms with E-state index in [0.29, 0.717) is 30.4 Å². The summed E-state index contributed by atoms with van der Waals surface area (Å²) in [5.74, 6) is 0.250. The maximum atomic E-state index is 11.1. The third-order valence-electron chi connectivity index (χ3n) is 3.63. The highest BCUT2D eigenvalue weighted by molar-refractivity contribution is 9.10. The fourth-order valence-electron chi connectivity index (χ4n) is 2.39. The number of carboxylic acid groups (broad SMARTS) is 1. The molecule has 0 amide bonds. The Kier molecular flexibility index (Phi) is 3.83. The van der Waals surface area contributed by atoms with Crippen LogP contribution >= 0.6 is 15.9 Å². The van der Waals surface area contributed by atoms with Gasteiger partial charge in [-0.2, -0.15) is 5.10 Å². The van der Waals surface area contributed by atoms with Crippen LogP contribution in [0.4, 0.5) is 0 Å². The van der Waals surface area contributed by atoms with Crippen molar-refractivity contribution >= 4 is 21.9 Å². The van der Waals surface area contributed by atoms with Gasteiger partial charge in [-0.05, 0) is 34.1 Å². The van der Waals surface area contributed by atoms with Gasteiger partial charge in [0.1, 0.15) is 0 Å². The van der Waals surface area contributed by atoms with Crippen LogP contribution in [0.3, 0.4) is 0 Å². The van der Waals surface area contributed by atoms with Crippen LogP contribution < -0.4 is 9.47 Å². The second-order valence-corrected chi connectivity index (χ2v) is 7.22. The number of benzene rings is 1. The number of hydrogen-bond acceptors (Lipinski definition) is 4. The highest BCUT2D eigenvalue weighted by Gasteiger charge is 2.27. The van der Waals surface area contributed by atoms with Gasteiger partial charge in [0.2, 0.25) is 0 Å². The van der Waals surface area contributed by atoms with Gasteiger partial charge in [-0.1, -0.05) is 13.8 Å². The van der Waals surface area contributed by atoms with Gasteiger partial charge in [0.25, 0.3) is 0 Å². The molecule has 0 unspecified atom stereocenters. The molecule has 1 N–H and O–H groups in total. The molecule has 23 heavy (non-hydrogen) atoms. The minimum Gasteiger partial charge on any atom is -0.489 e. The number of aryl methyl sites for hydroxylation is 1. The molecule has 122 valence electrons. The molecule has 0 fully saturated rings. The second kappa shape index (κ2) is 5.56. The predicted octanol–water partition coefficient (Wildman–Crippen LogP) is 3.35. The van der Waals surface area contributed by atoms with Gasteiger partial charge in [-0.25, -0.2) is 4.79 Å². The van der Waals surface area contributed by atoms with Crippen molar-refractivity contribution in [2.24, 2.45) is 12.5 Å². The first-order chi connectivity index (χ1) is 10.8. The molecule has 0 radical (unpaired) electrons. The van der Waals surface area contributed by atoms with E-state index in [1.54, 1.807) is 11.7 Å². The van der Waals surface area contributed by atoms with Crippen LogP contribution in [-0.4, -0.2) is 34.1 Å². The Hall–Kier alpha value is -2.02. The molecule has 1 aliphatic heterocycles. The molecular formula is C16H17BrN2O4.